The zero-order valence-corrected chi connectivity index (χ0v) is 20.0. The van der Waals surface area contributed by atoms with Crippen molar-refractivity contribution in [3.63, 3.8) is 0 Å². The highest BCUT2D eigenvalue weighted by Gasteiger charge is 2.11. The van der Waals surface area contributed by atoms with Crippen molar-refractivity contribution in [2.45, 2.75) is 77.7 Å². The van der Waals surface area contributed by atoms with E-state index < -0.39 is 7.82 Å². The van der Waals surface area contributed by atoms with Crippen molar-refractivity contribution in [1.82, 2.24) is 5.10 Å². The van der Waals surface area contributed by atoms with Crippen LogP contribution in [0.5, 0.6) is 0 Å². The quantitative estimate of drug-likeness (QED) is 0.147. The molecule has 8 nitrogen and oxygen atoms in total. The third kappa shape index (κ3) is 18.4. The third-order valence-electron chi connectivity index (χ3n) is 4.73. The van der Waals surface area contributed by atoms with E-state index in [1.165, 1.54) is 57.8 Å². The second kappa shape index (κ2) is 19.8. The molecule has 1 heterocycles. The Morgan fingerprint density at radius 1 is 0.774 bits per heavy atom. The summed E-state index contributed by atoms with van der Waals surface area (Å²) in [7, 11) is -4.32. The van der Waals surface area contributed by atoms with Gasteiger partial charge in [-0.15, -0.1) is 0 Å². The average Bonchev–Trinajstić information content (AvgIpc) is 2.76. The third-order valence-corrected chi connectivity index (χ3v) is 5.73. The standard InChI is InChI=1S/C22H41N2O6P/c1-2-3-4-5-6-7-8-9-10-13-17-27-19-20-28-21-22-30-31(25,26)29-18-16-24-15-12-11-14-23-24/h11-12,14-15H,2-10,13,16-22H2,1H3. The van der Waals surface area contributed by atoms with E-state index in [0.717, 1.165) is 13.0 Å². The number of ether oxygens (including phenoxy) is 2. The molecule has 180 valence electrons. The molecule has 0 fully saturated rings. The Hall–Kier alpha value is -0.890. The molecule has 0 aliphatic carbocycles. The van der Waals surface area contributed by atoms with Gasteiger partial charge in [-0.05, 0) is 17.6 Å². The van der Waals surface area contributed by atoms with Crippen LogP contribution in [-0.2, 0) is 29.6 Å². The summed E-state index contributed by atoms with van der Waals surface area (Å²) in [6.07, 6.45) is 16.4. The Balaban J connectivity index is 1.81. The van der Waals surface area contributed by atoms with Crippen molar-refractivity contribution in [2.24, 2.45) is 0 Å². The lowest BCUT2D eigenvalue weighted by atomic mass is 10.1. The molecule has 0 saturated heterocycles. The summed E-state index contributed by atoms with van der Waals surface area (Å²) in [6, 6.07) is 3.58. The average molecular weight is 461 g/mol. The number of phosphoric acid groups is 1. The van der Waals surface area contributed by atoms with Crippen molar-refractivity contribution in [3.8, 4) is 0 Å². The summed E-state index contributed by atoms with van der Waals surface area (Å²) in [4.78, 5) is 11.7. The van der Waals surface area contributed by atoms with Crippen LogP contribution in [0, 0.1) is 0 Å². The van der Waals surface area contributed by atoms with E-state index in [1.54, 1.807) is 29.2 Å². The van der Waals surface area contributed by atoms with Gasteiger partial charge in [0.2, 0.25) is 0 Å². The van der Waals surface area contributed by atoms with Crippen molar-refractivity contribution >= 4 is 7.82 Å². The van der Waals surface area contributed by atoms with Crippen LogP contribution in [0.15, 0.2) is 24.5 Å². The molecule has 1 aromatic heterocycles. The van der Waals surface area contributed by atoms with E-state index in [-0.39, 0.29) is 19.8 Å². The minimum atomic E-state index is -4.32. The first kappa shape index (κ1) is 28.1. The summed E-state index contributed by atoms with van der Waals surface area (Å²) in [5.74, 6) is 0. The molecule has 0 aromatic carbocycles. The maximum absolute atomic E-state index is 11.7. The Kier molecular flexibility index (Phi) is 17.9. The van der Waals surface area contributed by atoms with Crippen LogP contribution in [0.3, 0.4) is 0 Å². The normalized spacial score (nSPS) is 13.4. The number of aromatic nitrogens is 2. The monoisotopic (exact) mass is 460 g/mol. The molecule has 1 aromatic rings. The molecule has 0 aliphatic rings. The number of nitrogens with zero attached hydrogens (tertiary/aromatic N) is 2. The minimum Gasteiger partial charge on any atom is -0.756 e. The van der Waals surface area contributed by atoms with Gasteiger partial charge in [0.1, 0.15) is 6.61 Å². The largest absolute Gasteiger partial charge is 0.756 e. The number of hydrogen-bond donors (Lipinski definition) is 0. The van der Waals surface area contributed by atoms with Gasteiger partial charge in [0, 0.05) is 12.7 Å². The molecule has 1 atom stereocenters. The lowest BCUT2D eigenvalue weighted by molar-refractivity contribution is -0.754. The fraction of sp³-hybridized carbons (Fsp3) is 0.818. The predicted octanol–water partition coefficient (Wildman–Crippen LogP) is 3.82. The first-order valence-corrected chi connectivity index (χ1v) is 13.2. The van der Waals surface area contributed by atoms with Crippen molar-refractivity contribution < 1.29 is 32.7 Å². The van der Waals surface area contributed by atoms with E-state index in [9.17, 15) is 9.46 Å². The first-order chi connectivity index (χ1) is 15.1. The zero-order valence-electron chi connectivity index (χ0n) is 19.1. The van der Waals surface area contributed by atoms with Crippen LogP contribution in [0.4, 0.5) is 0 Å². The summed E-state index contributed by atoms with van der Waals surface area (Å²) in [5.41, 5.74) is 0. The molecule has 1 unspecified atom stereocenters. The van der Waals surface area contributed by atoms with Gasteiger partial charge in [0.05, 0.1) is 32.6 Å². The smallest absolute Gasteiger partial charge is 0.268 e. The second-order valence-corrected chi connectivity index (χ2v) is 8.89. The van der Waals surface area contributed by atoms with Gasteiger partial charge in [-0.25, -0.2) is 0 Å². The van der Waals surface area contributed by atoms with Crippen LogP contribution in [-0.4, -0.2) is 44.7 Å². The number of hydrogen-bond acceptors (Lipinski definition) is 7. The minimum absolute atomic E-state index is 0.0316. The highest BCUT2D eigenvalue weighted by Crippen LogP contribution is 2.37. The Morgan fingerprint density at radius 2 is 1.35 bits per heavy atom. The van der Waals surface area contributed by atoms with Crippen LogP contribution in [0.1, 0.15) is 71.1 Å². The maximum atomic E-state index is 11.7. The van der Waals surface area contributed by atoms with Crippen LogP contribution in [0.25, 0.3) is 0 Å². The van der Waals surface area contributed by atoms with Gasteiger partial charge >= 0.3 is 0 Å². The SMILES string of the molecule is CCCCCCCCCCCCOCCOCCOP(=O)([O-])OCC[n+]1ccccn1. The molecule has 0 aliphatic heterocycles. The molecule has 1 rings (SSSR count). The summed E-state index contributed by atoms with van der Waals surface area (Å²) < 4.78 is 33.7. The number of rotatable bonds is 22. The van der Waals surface area contributed by atoms with Crippen LogP contribution >= 0.6 is 7.82 Å². The van der Waals surface area contributed by atoms with Gasteiger partial charge in [-0.1, -0.05) is 69.4 Å². The summed E-state index contributed by atoms with van der Waals surface area (Å²) >= 11 is 0. The van der Waals surface area contributed by atoms with Crippen molar-refractivity contribution in [3.05, 3.63) is 24.5 Å². The lowest BCUT2D eigenvalue weighted by Gasteiger charge is -2.21. The highest BCUT2D eigenvalue weighted by molar-refractivity contribution is 7.45. The lowest BCUT2D eigenvalue weighted by Crippen LogP contribution is -2.39. The van der Waals surface area contributed by atoms with E-state index in [2.05, 4.69) is 12.0 Å². The van der Waals surface area contributed by atoms with Crippen LogP contribution < -0.4 is 9.58 Å². The molecule has 0 amide bonds. The zero-order chi connectivity index (χ0) is 22.5. The Bertz CT molecular complexity index is 564. The van der Waals surface area contributed by atoms with E-state index in [0.29, 0.717) is 19.8 Å². The molecular weight excluding hydrogens is 419 g/mol. The van der Waals surface area contributed by atoms with Gasteiger partial charge in [-0.3, -0.25) is 4.57 Å². The fourth-order valence-corrected chi connectivity index (χ4v) is 3.68. The van der Waals surface area contributed by atoms with Crippen molar-refractivity contribution in [1.29, 1.82) is 0 Å². The Morgan fingerprint density at radius 3 is 2.00 bits per heavy atom. The molecule has 0 N–H and O–H groups in total. The Labute approximate surface area is 187 Å². The highest BCUT2D eigenvalue weighted by atomic mass is 31.2. The van der Waals surface area contributed by atoms with E-state index in [4.69, 9.17) is 18.5 Å². The maximum Gasteiger partial charge on any atom is 0.268 e. The second-order valence-electron chi connectivity index (χ2n) is 7.48. The topological polar surface area (TPSA) is 93.8 Å². The molecule has 0 saturated carbocycles. The van der Waals surface area contributed by atoms with E-state index in [1.807, 2.05) is 0 Å². The van der Waals surface area contributed by atoms with Gasteiger partial charge in [0.15, 0.2) is 12.7 Å². The predicted molar refractivity (Wildman–Crippen MR) is 117 cm³/mol. The summed E-state index contributed by atoms with van der Waals surface area (Å²) in [5, 5.41) is 4.02. The first-order valence-electron chi connectivity index (χ1n) is 11.7. The molecule has 0 radical (unpaired) electrons. The molecule has 9 heteroatoms. The number of unbranched alkanes of at least 4 members (excludes halogenated alkanes) is 9. The molecule has 0 bridgehead atoms. The molecule has 0 spiro atoms. The number of phosphoric ester groups is 1. The van der Waals surface area contributed by atoms with Gasteiger partial charge < -0.3 is 23.4 Å². The molecular formula is C22H41N2O6P. The van der Waals surface area contributed by atoms with E-state index >= 15 is 0 Å². The fourth-order valence-electron chi connectivity index (χ4n) is 3.00. The van der Waals surface area contributed by atoms with Crippen LogP contribution in [0.2, 0.25) is 0 Å². The van der Waals surface area contributed by atoms with Gasteiger partial charge in [-0.2, -0.15) is 0 Å². The van der Waals surface area contributed by atoms with Crippen molar-refractivity contribution in [2.75, 3.05) is 39.6 Å². The summed E-state index contributed by atoms with van der Waals surface area (Å²) in [6.45, 7) is 4.31. The van der Waals surface area contributed by atoms with Gasteiger partial charge in [0.25, 0.3) is 7.82 Å². The molecule has 31 heavy (non-hydrogen) atoms.